The number of hydrogen-bond donors (Lipinski definition) is 3. The highest BCUT2D eigenvalue weighted by Crippen LogP contribution is 2.44. The monoisotopic (exact) mass is 526 g/mol. The van der Waals surface area contributed by atoms with Crippen molar-refractivity contribution in [1.29, 1.82) is 0 Å². The number of carboxylic acid groups (broad SMARTS) is 1. The highest BCUT2D eigenvalue weighted by Gasteiger charge is 2.30. The Labute approximate surface area is 221 Å². The molecule has 1 atom stereocenters. The number of esters is 1. The van der Waals surface area contributed by atoms with Gasteiger partial charge in [0.25, 0.3) is 0 Å². The highest BCUT2D eigenvalue weighted by molar-refractivity contribution is 5.91. The number of phenolic OH excluding ortho intramolecular Hbond substituents is 2. The van der Waals surface area contributed by atoms with Gasteiger partial charge in [-0.15, -0.1) is 0 Å². The standard InChI is InChI=1S/C30H22O9/c1-37-26(34)13-19(24-11-10-23(38-24)17-8-5-9-18(12-17)30(35)36)27-20(31)14-21(32)28-22(33)15-25(39-29(27)28)16-6-3-2-4-7-16/h2-12,14-15,19,31-32H,13H2,1H3,(H,35,36)/t19-/m0/s1. The molecule has 9 nitrogen and oxygen atoms in total. The van der Waals surface area contributed by atoms with E-state index in [-0.39, 0.29) is 40.0 Å². The molecule has 2 heterocycles. The first kappa shape index (κ1) is 25.3. The molecule has 5 aromatic rings. The number of carbonyl (C=O) groups excluding carboxylic acids is 1. The summed E-state index contributed by atoms with van der Waals surface area (Å²) in [7, 11) is 1.22. The zero-order valence-electron chi connectivity index (χ0n) is 20.6. The van der Waals surface area contributed by atoms with Gasteiger partial charge in [-0.05, 0) is 24.3 Å². The number of carboxylic acids is 1. The van der Waals surface area contributed by atoms with Gasteiger partial charge in [-0.25, -0.2) is 4.79 Å². The average Bonchev–Trinajstić information content (AvgIpc) is 3.42. The minimum Gasteiger partial charge on any atom is -0.507 e. The van der Waals surface area contributed by atoms with Crippen LogP contribution in [0.1, 0.15) is 34.0 Å². The maximum atomic E-state index is 13.1. The molecule has 0 amide bonds. The lowest BCUT2D eigenvalue weighted by atomic mass is 9.90. The molecule has 39 heavy (non-hydrogen) atoms. The second kappa shape index (κ2) is 10.2. The van der Waals surface area contributed by atoms with E-state index in [2.05, 4.69) is 0 Å². The molecule has 0 aliphatic heterocycles. The van der Waals surface area contributed by atoms with Crippen LogP contribution in [0.4, 0.5) is 0 Å². The zero-order valence-corrected chi connectivity index (χ0v) is 20.6. The minimum atomic E-state index is -1.10. The fraction of sp³-hybridized carbons (Fsp3) is 0.100. The lowest BCUT2D eigenvalue weighted by Crippen LogP contribution is -2.12. The molecule has 0 saturated carbocycles. The number of benzene rings is 3. The van der Waals surface area contributed by atoms with Crippen LogP contribution in [0.2, 0.25) is 0 Å². The van der Waals surface area contributed by atoms with E-state index in [1.165, 1.54) is 25.3 Å². The van der Waals surface area contributed by atoms with E-state index in [1.54, 1.807) is 54.6 Å². The van der Waals surface area contributed by atoms with Gasteiger partial charge in [0.2, 0.25) is 0 Å². The Balaban J connectivity index is 1.72. The van der Waals surface area contributed by atoms with Crippen molar-refractivity contribution in [3.63, 3.8) is 0 Å². The van der Waals surface area contributed by atoms with Crippen LogP contribution in [-0.4, -0.2) is 34.4 Å². The minimum absolute atomic E-state index is 0.0447. The van der Waals surface area contributed by atoms with E-state index in [1.807, 2.05) is 0 Å². The van der Waals surface area contributed by atoms with Crippen LogP contribution < -0.4 is 5.43 Å². The van der Waals surface area contributed by atoms with Crippen LogP contribution >= 0.6 is 0 Å². The van der Waals surface area contributed by atoms with Crippen molar-refractivity contribution >= 4 is 22.9 Å². The Morgan fingerprint density at radius 3 is 2.31 bits per heavy atom. The van der Waals surface area contributed by atoms with Crippen molar-refractivity contribution in [2.45, 2.75) is 12.3 Å². The summed E-state index contributed by atoms with van der Waals surface area (Å²) in [5.41, 5.74) is 0.524. The first-order chi connectivity index (χ1) is 18.8. The lowest BCUT2D eigenvalue weighted by Gasteiger charge is -2.18. The summed E-state index contributed by atoms with van der Waals surface area (Å²) in [6.45, 7) is 0. The summed E-state index contributed by atoms with van der Waals surface area (Å²) >= 11 is 0. The first-order valence-electron chi connectivity index (χ1n) is 11.8. The SMILES string of the molecule is COC(=O)C[C@@H](c1ccc(-c2cccc(C(=O)O)c2)o1)c1c(O)cc(O)c2c(=O)cc(-c3ccccc3)oc12. The van der Waals surface area contributed by atoms with E-state index in [0.29, 0.717) is 16.9 Å². The quantitative estimate of drug-likeness (QED) is 0.233. The number of ether oxygens (including phenoxy) is 1. The summed E-state index contributed by atoms with van der Waals surface area (Å²) in [6.07, 6.45) is -0.300. The van der Waals surface area contributed by atoms with Crippen LogP contribution in [0.25, 0.3) is 33.6 Å². The molecule has 0 fully saturated rings. The Bertz CT molecular complexity index is 1760. The Hall–Kier alpha value is -5.31. The first-order valence-corrected chi connectivity index (χ1v) is 11.8. The molecule has 3 aromatic carbocycles. The van der Waals surface area contributed by atoms with Gasteiger partial charge in [-0.3, -0.25) is 9.59 Å². The molecule has 0 bridgehead atoms. The highest BCUT2D eigenvalue weighted by atomic mass is 16.5. The molecule has 0 saturated heterocycles. The third kappa shape index (κ3) is 4.85. The normalized spacial score (nSPS) is 11.8. The van der Waals surface area contributed by atoms with Crippen LogP contribution in [0.5, 0.6) is 11.5 Å². The van der Waals surface area contributed by atoms with Crippen molar-refractivity contribution in [1.82, 2.24) is 0 Å². The molecule has 3 N–H and O–H groups in total. The van der Waals surface area contributed by atoms with Crippen molar-refractivity contribution in [2.24, 2.45) is 0 Å². The van der Waals surface area contributed by atoms with Gasteiger partial charge in [0, 0.05) is 28.8 Å². The second-order valence-corrected chi connectivity index (χ2v) is 8.79. The summed E-state index contributed by atoms with van der Waals surface area (Å²) in [5, 5.41) is 30.7. The summed E-state index contributed by atoms with van der Waals surface area (Å²) in [6, 6.07) is 20.4. The van der Waals surface area contributed by atoms with Gasteiger partial charge in [-0.1, -0.05) is 42.5 Å². The number of phenols is 2. The van der Waals surface area contributed by atoms with E-state index in [0.717, 1.165) is 6.07 Å². The van der Waals surface area contributed by atoms with Crippen molar-refractivity contribution in [3.05, 3.63) is 106 Å². The number of methoxy groups -OCH3 is 1. The third-order valence-corrected chi connectivity index (χ3v) is 6.37. The van der Waals surface area contributed by atoms with Gasteiger partial charge >= 0.3 is 11.9 Å². The van der Waals surface area contributed by atoms with Gasteiger partial charge < -0.3 is 28.9 Å². The predicted octanol–water partition coefficient (Wildman–Crippen LogP) is 5.52. The van der Waals surface area contributed by atoms with Crippen molar-refractivity contribution in [2.75, 3.05) is 7.11 Å². The molecular formula is C30H22O9. The molecular weight excluding hydrogens is 504 g/mol. The number of hydrogen-bond acceptors (Lipinski definition) is 8. The summed E-state index contributed by atoms with van der Waals surface area (Å²) in [4.78, 5) is 37.0. The number of aromatic hydroxyl groups is 2. The maximum absolute atomic E-state index is 13.1. The van der Waals surface area contributed by atoms with E-state index >= 15 is 0 Å². The molecule has 0 aliphatic rings. The van der Waals surface area contributed by atoms with E-state index in [9.17, 15) is 29.7 Å². The number of aromatic carboxylic acids is 1. The van der Waals surface area contributed by atoms with Crippen LogP contribution in [0.3, 0.4) is 0 Å². The predicted molar refractivity (Wildman–Crippen MR) is 141 cm³/mol. The lowest BCUT2D eigenvalue weighted by molar-refractivity contribution is -0.140. The Morgan fingerprint density at radius 2 is 1.59 bits per heavy atom. The van der Waals surface area contributed by atoms with Crippen LogP contribution in [-0.2, 0) is 9.53 Å². The average molecular weight is 526 g/mol. The molecule has 0 spiro atoms. The van der Waals surface area contributed by atoms with Crippen LogP contribution in [0.15, 0.2) is 92.5 Å². The Morgan fingerprint density at radius 1 is 0.846 bits per heavy atom. The molecule has 0 unspecified atom stereocenters. The molecule has 5 rings (SSSR count). The molecule has 9 heteroatoms. The Kier molecular flexibility index (Phi) is 6.64. The molecule has 0 radical (unpaired) electrons. The van der Waals surface area contributed by atoms with Crippen molar-refractivity contribution in [3.8, 4) is 34.1 Å². The molecule has 2 aromatic heterocycles. The zero-order chi connectivity index (χ0) is 27.7. The number of carbonyl (C=O) groups is 2. The molecule has 0 aliphatic carbocycles. The van der Waals surface area contributed by atoms with Gasteiger partial charge in [0.1, 0.15) is 39.7 Å². The fourth-order valence-corrected chi connectivity index (χ4v) is 4.50. The van der Waals surface area contributed by atoms with E-state index in [4.69, 9.17) is 13.6 Å². The maximum Gasteiger partial charge on any atom is 0.335 e. The summed E-state index contributed by atoms with van der Waals surface area (Å²) in [5.74, 6) is -2.91. The topological polar surface area (TPSA) is 147 Å². The number of rotatable bonds is 7. The van der Waals surface area contributed by atoms with Crippen molar-refractivity contribution < 1.29 is 38.5 Å². The third-order valence-electron chi connectivity index (χ3n) is 6.37. The smallest absolute Gasteiger partial charge is 0.335 e. The largest absolute Gasteiger partial charge is 0.507 e. The number of fused-ring (bicyclic) bond motifs is 1. The fourth-order valence-electron chi connectivity index (χ4n) is 4.50. The van der Waals surface area contributed by atoms with Gasteiger partial charge in [0.05, 0.1) is 25.0 Å². The van der Waals surface area contributed by atoms with Gasteiger partial charge in [-0.2, -0.15) is 0 Å². The van der Waals surface area contributed by atoms with E-state index < -0.39 is 34.8 Å². The number of furan rings is 1. The van der Waals surface area contributed by atoms with Gasteiger partial charge in [0.15, 0.2) is 5.43 Å². The molecule has 196 valence electrons. The van der Waals surface area contributed by atoms with Crippen LogP contribution in [0, 0.1) is 0 Å². The second-order valence-electron chi connectivity index (χ2n) is 8.79. The summed E-state index contributed by atoms with van der Waals surface area (Å²) < 4.78 is 17.0.